The molecule has 0 saturated carbocycles. The number of aryl methyl sites for hydroxylation is 3. The lowest BCUT2D eigenvalue weighted by Gasteiger charge is -2.10. The van der Waals surface area contributed by atoms with Crippen molar-refractivity contribution in [1.29, 1.82) is 0 Å². The van der Waals surface area contributed by atoms with Crippen LogP contribution in [0.15, 0.2) is 59.0 Å². The largest absolute Gasteiger partial charge is 0.324 e. The zero-order valence-corrected chi connectivity index (χ0v) is 18.0. The summed E-state index contributed by atoms with van der Waals surface area (Å²) in [4.78, 5) is 30.9. The fraction of sp³-hybridized carbons (Fsp3) is 0.208. The molecule has 4 rings (SSSR count). The number of hydrogen-bond donors (Lipinski definition) is 1. The highest BCUT2D eigenvalue weighted by Crippen LogP contribution is 2.30. The Morgan fingerprint density at radius 1 is 1.13 bits per heavy atom. The van der Waals surface area contributed by atoms with Crippen molar-refractivity contribution < 1.29 is 4.79 Å². The molecule has 2 aromatic heterocycles. The highest BCUT2D eigenvalue weighted by atomic mass is 32.1. The van der Waals surface area contributed by atoms with Gasteiger partial charge in [0.1, 0.15) is 11.4 Å². The first kappa shape index (κ1) is 20.0. The second-order valence-corrected chi connectivity index (χ2v) is 8.28. The molecule has 1 N–H and O–H groups in total. The molecule has 0 aliphatic heterocycles. The highest BCUT2D eigenvalue weighted by molar-refractivity contribution is 7.17. The first-order chi connectivity index (χ1) is 14.5. The summed E-state index contributed by atoms with van der Waals surface area (Å²) in [7, 11) is 0. The summed E-state index contributed by atoms with van der Waals surface area (Å²) in [5.74, 6) is -0.254. The van der Waals surface area contributed by atoms with E-state index in [-0.39, 0.29) is 18.0 Å². The number of anilines is 1. The first-order valence-corrected chi connectivity index (χ1v) is 10.8. The van der Waals surface area contributed by atoms with Gasteiger partial charge in [0.15, 0.2) is 0 Å². The highest BCUT2D eigenvalue weighted by Gasteiger charge is 2.15. The number of thiophene rings is 1. The topological polar surface area (TPSA) is 64.0 Å². The van der Waals surface area contributed by atoms with Gasteiger partial charge in [0, 0.05) is 16.6 Å². The molecule has 0 radical (unpaired) electrons. The monoisotopic (exact) mass is 417 g/mol. The average Bonchev–Trinajstić information content (AvgIpc) is 3.18. The Morgan fingerprint density at radius 3 is 2.63 bits per heavy atom. The van der Waals surface area contributed by atoms with Crippen molar-refractivity contribution in [2.45, 2.75) is 33.7 Å². The smallest absolute Gasteiger partial charge is 0.263 e. The maximum absolute atomic E-state index is 13.2. The van der Waals surface area contributed by atoms with Crippen molar-refractivity contribution in [3.63, 3.8) is 0 Å². The number of amides is 1. The van der Waals surface area contributed by atoms with Crippen LogP contribution < -0.4 is 10.9 Å². The Balaban J connectivity index is 1.65. The predicted molar refractivity (Wildman–Crippen MR) is 123 cm³/mol. The maximum atomic E-state index is 13.2. The SMILES string of the molecule is CCc1ccc(-c2csc3ncn(CC(=O)Nc4cc(C)ccc4C)c(=O)c23)cc1. The van der Waals surface area contributed by atoms with E-state index in [0.29, 0.717) is 10.2 Å². The maximum Gasteiger partial charge on any atom is 0.263 e. The Kier molecular flexibility index (Phi) is 5.50. The number of aromatic nitrogens is 2. The Morgan fingerprint density at radius 2 is 1.90 bits per heavy atom. The number of carbonyl (C=O) groups is 1. The van der Waals surface area contributed by atoms with Crippen LogP contribution in [0.2, 0.25) is 0 Å². The summed E-state index contributed by atoms with van der Waals surface area (Å²) in [5.41, 5.74) is 5.69. The molecule has 0 saturated heterocycles. The fourth-order valence-electron chi connectivity index (χ4n) is 3.43. The minimum atomic E-state index is -0.254. The number of hydrogen-bond acceptors (Lipinski definition) is 4. The summed E-state index contributed by atoms with van der Waals surface area (Å²) < 4.78 is 1.37. The van der Waals surface area contributed by atoms with Crippen molar-refractivity contribution in [2.24, 2.45) is 0 Å². The van der Waals surface area contributed by atoms with E-state index in [1.165, 1.54) is 27.8 Å². The molecular weight excluding hydrogens is 394 g/mol. The van der Waals surface area contributed by atoms with E-state index in [0.717, 1.165) is 34.4 Å². The third-order valence-corrected chi connectivity index (χ3v) is 6.10. The predicted octanol–water partition coefficient (Wildman–Crippen LogP) is 4.94. The molecule has 0 unspecified atom stereocenters. The molecule has 6 heteroatoms. The van der Waals surface area contributed by atoms with E-state index < -0.39 is 0 Å². The summed E-state index contributed by atoms with van der Waals surface area (Å²) in [5, 5.41) is 5.42. The van der Waals surface area contributed by atoms with Crippen molar-refractivity contribution in [2.75, 3.05) is 5.32 Å². The van der Waals surface area contributed by atoms with E-state index in [4.69, 9.17) is 0 Å². The molecule has 1 amide bonds. The van der Waals surface area contributed by atoms with Gasteiger partial charge in [-0.15, -0.1) is 11.3 Å². The van der Waals surface area contributed by atoms with Crippen LogP contribution in [0.4, 0.5) is 5.69 Å². The zero-order chi connectivity index (χ0) is 21.3. The van der Waals surface area contributed by atoms with Crippen LogP contribution >= 0.6 is 11.3 Å². The van der Waals surface area contributed by atoms with Gasteiger partial charge >= 0.3 is 0 Å². The summed E-state index contributed by atoms with van der Waals surface area (Å²) in [6.45, 7) is 5.94. The van der Waals surface area contributed by atoms with Gasteiger partial charge in [-0.3, -0.25) is 14.2 Å². The molecule has 0 aliphatic rings. The standard InChI is InChI=1S/C24H23N3O2S/c1-4-17-7-9-18(10-8-17)19-13-30-23-22(19)24(29)27(14-25-23)12-21(28)26-20-11-15(2)5-6-16(20)3/h5-11,13-14H,4,12H2,1-3H3,(H,26,28). The lowest BCUT2D eigenvalue weighted by atomic mass is 10.0. The second-order valence-electron chi connectivity index (χ2n) is 7.42. The number of nitrogens with zero attached hydrogens (tertiary/aromatic N) is 2. The van der Waals surface area contributed by atoms with Gasteiger partial charge in [-0.25, -0.2) is 4.98 Å². The van der Waals surface area contributed by atoms with Crippen molar-refractivity contribution >= 4 is 33.1 Å². The average molecular weight is 418 g/mol. The van der Waals surface area contributed by atoms with Gasteiger partial charge in [0.25, 0.3) is 5.56 Å². The fourth-order valence-corrected chi connectivity index (χ4v) is 4.33. The van der Waals surface area contributed by atoms with Gasteiger partial charge in [-0.2, -0.15) is 0 Å². The quantitative estimate of drug-likeness (QED) is 0.500. The molecule has 5 nitrogen and oxygen atoms in total. The van der Waals surface area contributed by atoms with Crippen LogP contribution in [-0.2, 0) is 17.8 Å². The third-order valence-electron chi connectivity index (χ3n) is 5.22. The lowest BCUT2D eigenvalue weighted by Crippen LogP contribution is -2.28. The van der Waals surface area contributed by atoms with E-state index in [1.807, 2.05) is 49.6 Å². The van der Waals surface area contributed by atoms with Crippen LogP contribution in [-0.4, -0.2) is 15.5 Å². The molecule has 0 fully saturated rings. The van der Waals surface area contributed by atoms with Gasteiger partial charge in [0.2, 0.25) is 5.91 Å². The van der Waals surface area contributed by atoms with Crippen molar-refractivity contribution in [3.05, 3.63) is 81.2 Å². The Hall–Kier alpha value is -3.25. The molecule has 2 aromatic carbocycles. The molecule has 0 spiro atoms. The van der Waals surface area contributed by atoms with Crippen LogP contribution in [0.3, 0.4) is 0 Å². The number of rotatable bonds is 5. The molecule has 30 heavy (non-hydrogen) atoms. The first-order valence-electron chi connectivity index (χ1n) is 9.89. The molecule has 4 aromatic rings. The minimum Gasteiger partial charge on any atom is -0.324 e. The normalized spacial score (nSPS) is 11.0. The summed E-state index contributed by atoms with van der Waals surface area (Å²) in [6, 6.07) is 14.1. The lowest BCUT2D eigenvalue weighted by molar-refractivity contribution is -0.116. The number of fused-ring (bicyclic) bond motifs is 1. The molecule has 0 aliphatic carbocycles. The summed E-state index contributed by atoms with van der Waals surface area (Å²) in [6.07, 6.45) is 2.42. The minimum absolute atomic E-state index is 0.0841. The van der Waals surface area contributed by atoms with Gasteiger partial charge < -0.3 is 5.32 Å². The van der Waals surface area contributed by atoms with Crippen molar-refractivity contribution in [3.8, 4) is 11.1 Å². The molecule has 2 heterocycles. The Bertz CT molecular complexity index is 1290. The molecule has 152 valence electrons. The van der Waals surface area contributed by atoms with E-state index in [9.17, 15) is 9.59 Å². The van der Waals surface area contributed by atoms with Crippen molar-refractivity contribution in [1.82, 2.24) is 9.55 Å². The zero-order valence-electron chi connectivity index (χ0n) is 17.2. The van der Waals surface area contributed by atoms with E-state index in [1.54, 1.807) is 0 Å². The number of benzene rings is 2. The van der Waals surface area contributed by atoms with Gasteiger partial charge in [0.05, 0.1) is 11.7 Å². The van der Waals surface area contributed by atoms with Gasteiger partial charge in [-0.05, 0) is 48.6 Å². The van der Waals surface area contributed by atoms with E-state index >= 15 is 0 Å². The second kappa shape index (κ2) is 8.24. The van der Waals surface area contributed by atoms with Crippen LogP contribution in [0, 0.1) is 13.8 Å². The van der Waals surface area contributed by atoms with E-state index in [2.05, 4.69) is 29.4 Å². The number of nitrogens with one attached hydrogen (secondary N) is 1. The van der Waals surface area contributed by atoms with Crippen LogP contribution in [0.5, 0.6) is 0 Å². The molecule has 0 bridgehead atoms. The van der Waals surface area contributed by atoms with Gasteiger partial charge in [-0.1, -0.05) is 43.3 Å². The Labute approximate surface area is 179 Å². The molecular formula is C24H23N3O2S. The summed E-state index contributed by atoms with van der Waals surface area (Å²) >= 11 is 1.44. The third kappa shape index (κ3) is 3.91. The number of carbonyl (C=O) groups excluding carboxylic acids is 1. The van der Waals surface area contributed by atoms with Crippen LogP contribution in [0.1, 0.15) is 23.6 Å². The van der Waals surface area contributed by atoms with Crippen LogP contribution in [0.25, 0.3) is 21.3 Å². The molecule has 0 atom stereocenters.